The van der Waals surface area contributed by atoms with E-state index in [4.69, 9.17) is 4.74 Å². The van der Waals surface area contributed by atoms with Crippen LogP contribution in [0.5, 0.6) is 17.2 Å². The fourth-order valence-corrected chi connectivity index (χ4v) is 2.58. The van der Waals surface area contributed by atoms with Crippen molar-refractivity contribution in [3.8, 4) is 17.2 Å². The Morgan fingerprint density at radius 2 is 1.68 bits per heavy atom. The Hall–Kier alpha value is -3.16. The lowest BCUT2D eigenvalue weighted by Crippen LogP contribution is -2.16. The Morgan fingerprint density at radius 1 is 1.04 bits per heavy atom. The normalized spacial score (nSPS) is 17.0. The van der Waals surface area contributed by atoms with Crippen LogP contribution in [-0.2, 0) is 11.0 Å². The first-order valence-electron chi connectivity index (χ1n) is 7.02. The molecule has 130 valence electrons. The molecule has 3 rings (SSSR count). The molecule has 8 heteroatoms. The van der Waals surface area contributed by atoms with Crippen LogP contribution in [-0.4, -0.2) is 21.6 Å². The summed E-state index contributed by atoms with van der Waals surface area (Å²) >= 11 is 0. The topological polar surface area (TPSA) is 87.0 Å². The van der Waals surface area contributed by atoms with Gasteiger partial charge in [-0.3, -0.25) is 0 Å². The van der Waals surface area contributed by atoms with E-state index in [2.05, 4.69) is 0 Å². The van der Waals surface area contributed by atoms with E-state index in [-0.39, 0.29) is 28.4 Å². The molecular weight excluding hydrogens is 341 g/mol. The molecule has 0 spiro atoms. The van der Waals surface area contributed by atoms with Crippen LogP contribution in [0.3, 0.4) is 0 Å². The summed E-state index contributed by atoms with van der Waals surface area (Å²) < 4.78 is 43.4. The second kappa shape index (κ2) is 5.73. The number of rotatable bonds is 2. The Kier molecular flexibility index (Phi) is 3.82. The largest absolute Gasteiger partial charge is 0.508 e. The smallest absolute Gasteiger partial charge is 0.416 e. The summed E-state index contributed by atoms with van der Waals surface area (Å²) in [4.78, 5) is 11.4. The summed E-state index contributed by atoms with van der Waals surface area (Å²) in [7, 11) is 0. The Morgan fingerprint density at radius 3 is 2.24 bits per heavy atom. The van der Waals surface area contributed by atoms with E-state index in [9.17, 15) is 33.3 Å². The second-order valence-electron chi connectivity index (χ2n) is 5.38. The zero-order valence-corrected chi connectivity index (χ0v) is 12.4. The number of aliphatic hydroxyl groups is 1. The molecule has 0 bridgehead atoms. The highest BCUT2D eigenvalue weighted by atomic mass is 19.4. The molecule has 0 amide bonds. The van der Waals surface area contributed by atoms with E-state index < -0.39 is 29.2 Å². The molecule has 5 nitrogen and oxygen atoms in total. The van der Waals surface area contributed by atoms with Crippen LogP contribution in [0, 0.1) is 0 Å². The molecule has 0 radical (unpaired) electrons. The maximum Gasteiger partial charge on any atom is 0.416 e. The van der Waals surface area contributed by atoms with Crippen LogP contribution in [0.15, 0.2) is 42.2 Å². The Bertz CT molecular complexity index is 869. The maximum absolute atomic E-state index is 12.6. The lowest BCUT2D eigenvalue weighted by Gasteiger charge is -2.25. The van der Waals surface area contributed by atoms with E-state index in [1.807, 2.05) is 0 Å². The van der Waals surface area contributed by atoms with Crippen molar-refractivity contribution in [1.29, 1.82) is 0 Å². The highest BCUT2D eigenvalue weighted by Gasteiger charge is 2.34. The van der Waals surface area contributed by atoms with Gasteiger partial charge < -0.3 is 24.9 Å². The molecule has 1 heterocycles. The van der Waals surface area contributed by atoms with Crippen LogP contribution in [0.25, 0.3) is 5.76 Å². The number of fused-ring (bicyclic) bond motifs is 1. The molecule has 2 aromatic carbocycles. The highest BCUT2D eigenvalue weighted by Crippen LogP contribution is 2.46. The lowest BCUT2D eigenvalue weighted by atomic mass is 9.92. The van der Waals surface area contributed by atoms with Crippen LogP contribution >= 0.6 is 0 Å². The minimum Gasteiger partial charge on any atom is -0.508 e. The first kappa shape index (κ1) is 16.7. The molecule has 0 saturated carbocycles. The van der Waals surface area contributed by atoms with Crippen molar-refractivity contribution in [2.75, 3.05) is 0 Å². The zero-order chi connectivity index (χ0) is 18.4. The van der Waals surface area contributed by atoms with Gasteiger partial charge in [0.2, 0.25) is 0 Å². The fourth-order valence-electron chi connectivity index (χ4n) is 2.58. The van der Waals surface area contributed by atoms with Crippen molar-refractivity contribution in [1.82, 2.24) is 0 Å². The number of aldehydes is 1. The van der Waals surface area contributed by atoms with Gasteiger partial charge in [-0.15, -0.1) is 0 Å². The molecule has 0 fully saturated rings. The monoisotopic (exact) mass is 352 g/mol. The molecule has 1 unspecified atom stereocenters. The predicted molar refractivity (Wildman–Crippen MR) is 80.2 cm³/mol. The van der Waals surface area contributed by atoms with Crippen LogP contribution < -0.4 is 4.74 Å². The SMILES string of the molecule is O=CC1C(O)=C(c2ccc(C(F)(F)F)cc2)Oc2cc(O)cc(O)c21. The lowest BCUT2D eigenvalue weighted by molar-refractivity contribution is -0.137. The van der Waals surface area contributed by atoms with Gasteiger partial charge in [0.15, 0.2) is 11.5 Å². The van der Waals surface area contributed by atoms with Gasteiger partial charge in [-0.2, -0.15) is 13.2 Å². The van der Waals surface area contributed by atoms with Gasteiger partial charge >= 0.3 is 6.18 Å². The van der Waals surface area contributed by atoms with Crippen molar-refractivity contribution in [3.63, 3.8) is 0 Å². The van der Waals surface area contributed by atoms with Crippen LogP contribution in [0.2, 0.25) is 0 Å². The zero-order valence-electron chi connectivity index (χ0n) is 12.4. The van der Waals surface area contributed by atoms with Gasteiger partial charge in [0.25, 0.3) is 0 Å². The molecule has 0 aromatic heterocycles. The van der Waals surface area contributed by atoms with E-state index >= 15 is 0 Å². The van der Waals surface area contributed by atoms with Gasteiger partial charge in [0.1, 0.15) is 29.5 Å². The average Bonchev–Trinajstić information content (AvgIpc) is 2.54. The molecule has 25 heavy (non-hydrogen) atoms. The van der Waals surface area contributed by atoms with Crippen molar-refractivity contribution < 1.29 is 38.0 Å². The van der Waals surface area contributed by atoms with Crippen LogP contribution in [0.4, 0.5) is 13.2 Å². The molecular formula is C17H11F3O5. The van der Waals surface area contributed by atoms with Gasteiger partial charge in [0, 0.05) is 17.7 Å². The van der Waals surface area contributed by atoms with E-state index in [0.29, 0.717) is 6.29 Å². The van der Waals surface area contributed by atoms with Gasteiger partial charge in [-0.25, -0.2) is 0 Å². The molecule has 0 aliphatic carbocycles. The number of halogens is 3. The van der Waals surface area contributed by atoms with E-state index in [1.165, 1.54) is 0 Å². The summed E-state index contributed by atoms with van der Waals surface area (Å²) in [6.07, 6.45) is -4.16. The number of phenols is 2. The van der Waals surface area contributed by atoms with Gasteiger partial charge in [-0.1, -0.05) is 12.1 Å². The summed E-state index contributed by atoms with van der Waals surface area (Å²) in [5, 5.41) is 29.7. The third-order valence-electron chi connectivity index (χ3n) is 3.77. The minimum atomic E-state index is -4.52. The highest BCUT2D eigenvalue weighted by molar-refractivity contribution is 5.80. The van der Waals surface area contributed by atoms with Crippen molar-refractivity contribution >= 4 is 12.0 Å². The number of hydrogen-bond donors (Lipinski definition) is 3. The third-order valence-corrected chi connectivity index (χ3v) is 3.77. The number of carbonyl (C=O) groups excluding carboxylic acids is 1. The molecule has 1 aliphatic rings. The number of allylic oxidation sites excluding steroid dienone is 1. The van der Waals surface area contributed by atoms with Gasteiger partial charge in [-0.05, 0) is 12.1 Å². The third kappa shape index (κ3) is 2.86. The molecule has 3 N–H and O–H groups in total. The number of hydrogen-bond acceptors (Lipinski definition) is 5. The predicted octanol–water partition coefficient (Wildman–Crippen LogP) is 3.72. The number of aromatic hydroxyl groups is 2. The number of ether oxygens (including phenoxy) is 1. The Balaban J connectivity index is 2.09. The summed E-state index contributed by atoms with van der Waals surface area (Å²) in [5.74, 6) is -2.94. The fraction of sp³-hybridized carbons (Fsp3) is 0.118. The quantitative estimate of drug-likeness (QED) is 0.717. The number of carbonyl (C=O) groups is 1. The standard InChI is InChI=1S/C17H11F3O5/c18-17(19,20)9-3-1-8(2-4-9)16-15(24)11(7-21)14-12(23)5-10(22)6-13(14)25-16/h1-7,11,22-24H. The molecule has 0 saturated heterocycles. The summed E-state index contributed by atoms with van der Waals surface area (Å²) in [5.41, 5.74) is -0.818. The second-order valence-corrected chi connectivity index (χ2v) is 5.38. The first-order chi connectivity index (χ1) is 11.7. The average molecular weight is 352 g/mol. The van der Waals surface area contributed by atoms with Crippen LogP contribution in [0.1, 0.15) is 22.6 Å². The number of benzene rings is 2. The van der Waals surface area contributed by atoms with Crippen molar-refractivity contribution in [2.24, 2.45) is 0 Å². The molecule has 1 aliphatic heterocycles. The summed E-state index contributed by atoms with van der Waals surface area (Å²) in [6.45, 7) is 0. The first-order valence-corrected chi connectivity index (χ1v) is 7.02. The summed E-state index contributed by atoms with van der Waals surface area (Å²) in [6, 6.07) is 5.90. The number of phenolic OH excluding ortho intramolecular Hbond substituents is 2. The number of alkyl halides is 3. The molecule has 2 aromatic rings. The van der Waals surface area contributed by atoms with Crippen molar-refractivity contribution in [2.45, 2.75) is 12.1 Å². The van der Waals surface area contributed by atoms with E-state index in [0.717, 1.165) is 36.4 Å². The van der Waals surface area contributed by atoms with Gasteiger partial charge in [0.05, 0.1) is 11.1 Å². The number of aliphatic hydroxyl groups excluding tert-OH is 1. The minimum absolute atomic E-state index is 0.0408. The van der Waals surface area contributed by atoms with Crippen molar-refractivity contribution in [3.05, 3.63) is 58.8 Å². The maximum atomic E-state index is 12.6. The molecule has 1 atom stereocenters. The van der Waals surface area contributed by atoms with E-state index in [1.54, 1.807) is 0 Å². The Labute approximate surface area is 139 Å².